The number of rotatable bonds is 36. The second-order valence-corrected chi connectivity index (χ2v) is 8.88. The molecule has 246 valence electrons. The van der Waals surface area contributed by atoms with Crippen molar-refractivity contribution >= 4 is 5.97 Å². The maximum absolute atomic E-state index is 10.6. The maximum Gasteiger partial charge on any atom is 0.302 e. The second-order valence-electron chi connectivity index (χ2n) is 8.88. The van der Waals surface area contributed by atoms with Crippen molar-refractivity contribution in [3.8, 4) is 0 Å². The van der Waals surface area contributed by atoms with Crippen molar-refractivity contribution in [2.45, 2.75) is 46.0 Å². The van der Waals surface area contributed by atoms with Crippen molar-refractivity contribution in [1.29, 1.82) is 0 Å². The predicted molar refractivity (Wildman–Crippen MR) is 154 cm³/mol. The van der Waals surface area contributed by atoms with Crippen molar-refractivity contribution in [3.05, 3.63) is 0 Å². The van der Waals surface area contributed by atoms with Crippen LogP contribution in [0.25, 0.3) is 0 Å². The molecule has 0 N–H and O–H groups in total. The Balaban J connectivity index is 3.03. The third kappa shape index (κ3) is 39.1. The first-order valence-corrected chi connectivity index (χ1v) is 15.2. The van der Waals surface area contributed by atoms with Crippen molar-refractivity contribution < 1.29 is 56.9 Å². The molecule has 0 radical (unpaired) electrons. The van der Waals surface area contributed by atoms with Gasteiger partial charge < -0.3 is 52.1 Å². The van der Waals surface area contributed by atoms with Gasteiger partial charge in [-0.15, -0.1) is 0 Å². The smallest absolute Gasteiger partial charge is 0.302 e. The number of carbonyl (C=O) groups excluding carboxylic acids is 1. The molecule has 0 aromatic heterocycles. The van der Waals surface area contributed by atoms with Crippen molar-refractivity contribution in [2.75, 3.05) is 139 Å². The van der Waals surface area contributed by atoms with Gasteiger partial charge in [-0.25, -0.2) is 0 Å². The maximum atomic E-state index is 10.6. The molecule has 0 fully saturated rings. The minimum Gasteiger partial charge on any atom is -0.463 e. The van der Waals surface area contributed by atoms with Crippen LogP contribution >= 0.6 is 0 Å². The molecule has 0 rings (SSSR count). The van der Waals surface area contributed by atoms with E-state index in [9.17, 15) is 4.79 Å². The van der Waals surface area contributed by atoms with Gasteiger partial charge in [0.05, 0.1) is 126 Å². The summed E-state index contributed by atoms with van der Waals surface area (Å²) in [6.07, 6.45) is 6.27. The van der Waals surface area contributed by atoms with Crippen LogP contribution in [0.5, 0.6) is 0 Å². The number of hydrogen-bond acceptors (Lipinski definition) is 12. The standard InChI is InChI=1S/C29H58O12/c1-3-4-5-6-7-8-31-9-10-32-11-12-33-13-14-34-15-16-35-17-18-36-19-20-37-21-22-38-23-24-39-25-26-40-27-28-41-29(2)30/h3-28H2,1-2H3. The molecule has 0 atom stereocenters. The fourth-order valence-electron chi connectivity index (χ4n) is 3.13. The van der Waals surface area contributed by atoms with Crippen LogP contribution in [0.2, 0.25) is 0 Å². The Kier molecular flexibility index (Phi) is 36.3. The summed E-state index contributed by atoms with van der Waals surface area (Å²) < 4.78 is 59.2. The predicted octanol–water partition coefficient (Wildman–Crippen LogP) is 2.69. The van der Waals surface area contributed by atoms with Crippen LogP contribution in [0, 0.1) is 0 Å². The van der Waals surface area contributed by atoms with Crippen molar-refractivity contribution in [1.82, 2.24) is 0 Å². The zero-order valence-electron chi connectivity index (χ0n) is 25.8. The van der Waals surface area contributed by atoms with Crippen LogP contribution in [-0.2, 0) is 56.9 Å². The molecule has 12 heteroatoms. The number of ether oxygens (including phenoxy) is 11. The van der Waals surface area contributed by atoms with Gasteiger partial charge in [0.25, 0.3) is 0 Å². The summed E-state index contributed by atoms with van der Waals surface area (Å²) in [5.41, 5.74) is 0. The normalized spacial score (nSPS) is 11.4. The molecule has 0 heterocycles. The van der Waals surface area contributed by atoms with Crippen LogP contribution in [0.4, 0.5) is 0 Å². The monoisotopic (exact) mass is 598 g/mol. The lowest BCUT2D eigenvalue weighted by molar-refractivity contribution is -0.142. The van der Waals surface area contributed by atoms with E-state index in [-0.39, 0.29) is 12.6 Å². The first-order chi connectivity index (χ1) is 20.3. The lowest BCUT2D eigenvalue weighted by Crippen LogP contribution is -2.15. The number of carbonyl (C=O) groups is 1. The van der Waals surface area contributed by atoms with Crippen LogP contribution in [-0.4, -0.2) is 145 Å². The van der Waals surface area contributed by atoms with Gasteiger partial charge in [0.2, 0.25) is 0 Å². The highest BCUT2D eigenvalue weighted by molar-refractivity contribution is 5.65. The Morgan fingerprint density at radius 2 is 0.585 bits per heavy atom. The molecule has 0 aliphatic rings. The average Bonchev–Trinajstić information content (AvgIpc) is 2.97. The largest absolute Gasteiger partial charge is 0.463 e. The minimum atomic E-state index is -0.308. The topological polar surface area (TPSA) is 119 Å². The van der Waals surface area contributed by atoms with E-state index in [4.69, 9.17) is 52.1 Å². The third-order valence-electron chi connectivity index (χ3n) is 5.27. The zero-order valence-corrected chi connectivity index (χ0v) is 25.8. The van der Waals surface area contributed by atoms with Gasteiger partial charge in [0, 0.05) is 13.5 Å². The highest BCUT2D eigenvalue weighted by atomic mass is 16.6. The Morgan fingerprint density at radius 3 is 0.854 bits per heavy atom. The van der Waals surface area contributed by atoms with Gasteiger partial charge >= 0.3 is 5.97 Å². The van der Waals surface area contributed by atoms with Crippen LogP contribution in [0.3, 0.4) is 0 Å². The van der Waals surface area contributed by atoms with Crippen LogP contribution in [0.15, 0.2) is 0 Å². The summed E-state index contributed by atoms with van der Waals surface area (Å²) in [6, 6.07) is 0. The number of hydrogen-bond donors (Lipinski definition) is 0. The number of esters is 1. The first kappa shape index (κ1) is 40.1. The van der Waals surface area contributed by atoms with Gasteiger partial charge in [-0.3, -0.25) is 4.79 Å². The van der Waals surface area contributed by atoms with E-state index in [1.807, 2.05) is 0 Å². The summed E-state index contributed by atoms with van der Waals surface area (Å²) in [6.45, 7) is 14.5. The quantitative estimate of drug-likeness (QED) is 0.0779. The lowest BCUT2D eigenvalue weighted by atomic mass is 10.2. The summed E-state index contributed by atoms with van der Waals surface area (Å²) in [5, 5.41) is 0. The molecule has 0 aromatic rings. The molecule has 0 unspecified atom stereocenters. The van der Waals surface area contributed by atoms with Gasteiger partial charge in [-0.2, -0.15) is 0 Å². The Morgan fingerprint density at radius 1 is 0.341 bits per heavy atom. The third-order valence-corrected chi connectivity index (χ3v) is 5.27. The Bertz CT molecular complexity index is 498. The number of unbranched alkanes of at least 4 members (excludes halogenated alkanes) is 4. The van der Waals surface area contributed by atoms with Gasteiger partial charge in [0.1, 0.15) is 6.61 Å². The van der Waals surface area contributed by atoms with Crippen molar-refractivity contribution in [2.24, 2.45) is 0 Å². The van der Waals surface area contributed by atoms with E-state index in [2.05, 4.69) is 6.92 Å². The summed E-state index contributed by atoms with van der Waals surface area (Å²) in [7, 11) is 0. The average molecular weight is 599 g/mol. The van der Waals surface area contributed by atoms with Crippen molar-refractivity contribution in [3.63, 3.8) is 0 Å². The minimum absolute atomic E-state index is 0.262. The molecule has 12 nitrogen and oxygen atoms in total. The molecule has 0 aromatic carbocycles. The highest BCUT2D eigenvalue weighted by Gasteiger charge is 1.97. The molecule has 0 bridgehead atoms. The Hall–Kier alpha value is -0.930. The van der Waals surface area contributed by atoms with Gasteiger partial charge in [-0.1, -0.05) is 32.6 Å². The molecule has 0 saturated carbocycles. The van der Waals surface area contributed by atoms with E-state index < -0.39 is 0 Å². The van der Waals surface area contributed by atoms with E-state index in [1.165, 1.54) is 32.6 Å². The molecule has 0 saturated heterocycles. The van der Waals surface area contributed by atoms with E-state index >= 15 is 0 Å². The fourth-order valence-corrected chi connectivity index (χ4v) is 3.13. The first-order valence-electron chi connectivity index (χ1n) is 15.2. The van der Waals surface area contributed by atoms with Gasteiger partial charge in [0.15, 0.2) is 0 Å². The Labute approximate surface area is 247 Å². The van der Waals surface area contributed by atoms with E-state index in [0.717, 1.165) is 13.0 Å². The molecule has 41 heavy (non-hydrogen) atoms. The van der Waals surface area contributed by atoms with E-state index in [1.54, 1.807) is 0 Å². The molecule has 0 aliphatic carbocycles. The SMILES string of the molecule is CCCCCCCOCCOCCOCCOCCOCCOCCOCCOCCOCCOCCOC(C)=O. The van der Waals surface area contributed by atoms with Crippen LogP contribution in [0.1, 0.15) is 46.0 Å². The molecule has 0 aliphatic heterocycles. The molecular weight excluding hydrogens is 540 g/mol. The van der Waals surface area contributed by atoms with E-state index in [0.29, 0.717) is 126 Å². The van der Waals surface area contributed by atoms with Gasteiger partial charge in [-0.05, 0) is 6.42 Å². The fraction of sp³-hybridized carbons (Fsp3) is 0.966. The highest BCUT2D eigenvalue weighted by Crippen LogP contribution is 2.02. The second kappa shape index (κ2) is 37.1. The zero-order chi connectivity index (χ0) is 29.7. The molecular formula is C29H58O12. The molecule has 0 spiro atoms. The molecule has 0 amide bonds. The lowest BCUT2D eigenvalue weighted by Gasteiger charge is -2.09. The summed E-state index contributed by atoms with van der Waals surface area (Å²) in [5.74, 6) is -0.308. The van der Waals surface area contributed by atoms with Crippen LogP contribution < -0.4 is 0 Å². The summed E-state index contributed by atoms with van der Waals surface area (Å²) in [4.78, 5) is 10.6. The summed E-state index contributed by atoms with van der Waals surface area (Å²) >= 11 is 0.